The van der Waals surface area contributed by atoms with Crippen molar-refractivity contribution in [3.05, 3.63) is 42.5 Å². The highest BCUT2D eigenvalue weighted by atomic mass is 35.5. The Kier molecular flexibility index (Phi) is 7.48. The number of carbonyl (C=O) groups excluding carboxylic acids is 1. The predicted octanol–water partition coefficient (Wildman–Crippen LogP) is 2.24. The molecular weight excluding hydrogens is 337 g/mol. The third-order valence-corrected chi connectivity index (χ3v) is 3.91. The number of nitrogens with two attached hydrogens (primary N) is 1. The van der Waals surface area contributed by atoms with E-state index in [1.54, 1.807) is 11.0 Å². The Bertz CT molecular complexity index is 620. The lowest BCUT2D eigenvalue weighted by molar-refractivity contribution is -0.120. The molecule has 0 bridgehead atoms. The van der Waals surface area contributed by atoms with Crippen molar-refractivity contribution in [2.24, 2.45) is 11.7 Å². The summed E-state index contributed by atoms with van der Waals surface area (Å²) in [6, 6.07) is 7.77. The molecular formula is C15H21Cl2N5O. The zero-order chi connectivity index (χ0) is 14.7. The summed E-state index contributed by atoms with van der Waals surface area (Å²) in [5.74, 6) is -0.0399. The average Bonchev–Trinajstić information content (AvgIpc) is 3.10. The van der Waals surface area contributed by atoms with E-state index in [9.17, 15) is 4.79 Å². The van der Waals surface area contributed by atoms with Crippen LogP contribution in [0, 0.1) is 5.92 Å². The van der Waals surface area contributed by atoms with Gasteiger partial charge in [-0.1, -0.05) is 18.6 Å². The number of benzene rings is 1. The number of nitrogens with one attached hydrogen (secondary N) is 1. The fourth-order valence-corrected chi connectivity index (χ4v) is 2.80. The van der Waals surface area contributed by atoms with Crippen molar-refractivity contribution < 1.29 is 4.79 Å². The zero-order valence-electron chi connectivity index (χ0n) is 12.6. The van der Waals surface area contributed by atoms with Crippen LogP contribution in [0.2, 0.25) is 0 Å². The second kappa shape index (κ2) is 8.86. The molecule has 3 N–H and O–H groups in total. The van der Waals surface area contributed by atoms with Gasteiger partial charge in [0.1, 0.15) is 12.7 Å². The Morgan fingerprint density at radius 3 is 2.83 bits per heavy atom. The quantitative estimate of drug-likeness (QED) is 0.878. The van der Waals surface area contributed by atoms with E-state index in [4.69, 9.17) is 5.73 Å². The lowest BCUT2D eigenvalue weighted by Crippen LogP contribution is -2.34. The Hall–Kier alpha value is -1.63. The Balaban J connectivity index is 0.00000132. The van der Waals surface area contributed by atoms with Gasteiger partial charge in [0.05, 0.1) is 12.5 Å². The number of aromatic nitrogens is 3. The van der Waals surface area contributed by atoms with Crippen LogP contribution >= 0.6 is 24.8 Å². The highest BCUT2D eigenvalue weighted by Gasteiger charge is 2.30. The lowest BCUT2D eigenvalue weighted by atomic mass is 10.0. The molecule has 1 saturated carbocycles. The molecule has 1 amide bonds. The molecule has 3 rings (SSSR count). The number of nitrogens with zero attached hydrogens (tertiary/aromatic N) is 3. The van der Waals surface area contributed by atoms with Crippen LogP contribution in [-0.2, 0) is 11.3 Å². The fraction of sp³-hybridized carbons (Fsp3) is 0.400. The minimum absolute atomic E-state index is 0. The monoisotopic (exact) mass is 357 g/mol. The Morgan fingerprint density at radius 1 is 1.35 bits per heavy atom. The van der Waals surface area contributed by atoms with Crippen LogP contribution in [0.4, 0.5) is 5.69 Å². The number of hydrogen-bond acceptors (Lipinski definition) is 4. The summed E-state index contributed by atoms with van der Waals surface area (Å²) in [7, 11) is 0. The Labute approximate surface area is 147 Å². The number of hydrogen-bond donors (Lipinski definition) is 2. The van der Waals surface area contributed by atoms with Crippen molar-refractivity contribution in [2.45, 2.75) is 31.8 Å². The van der Waals surface area contributed by atoms with Gasteiger partial charge >= 0.3 is 0 Å². The maximum Gasteiger partial charge on any atom is 0.229 e. The summed E-state index contributed by atoms with van der Waals surface area (Å²) in [5.41, 5.74) is 7.84. The third kappa shape index (κ3) is 4.92. The summed E-state index contributed by atoms with van der Waals surface area (Å²) in [4.78, 5) is 16.2. The largest absolute Gasteiger partial charge is 0.327 e. The maximum absolute atomic E-state index is 12.2. The topological polar surface area (TPSA) is 85.8 Å². The molecule has 2 aromatic rings. The van der Waals surface area contributed by atoms with Crippen molar-refractivity contribution in [3.8, 4) is 0 Å². The van der Waals surface area contributed by atoms with E-state index in [0.717, 1.165) is 30.5 Å². The summed E-state index contributed by atoms with van der Waals surface area (Å²) in [6.45, 7) is 0.632. The van der Waals surface area contributed by atoms with E-state index in [0.29, 0.717) is 6.54 Å². The molecule has 126 valence electrons. The van der Waals surface area contributed by atoms with Gasteiger partial charge in [0.15, 0.2) is 0 Å². The Morgan fingerprint density at radius 2 is 2.17 bits per heavy atom. The van der Waals surface area contributed by atoms with Gasteiger partial charge in [0.2, 0.25) is 5.91 Å². The van der Waals surface area contributed by atoms with Gasteiger partial charge in [-0.25, -0.2) is 9.67 Å². The molecule has 1 aliphatic carbocycles. The zero-order valence-corrected chi connectivity index (χ0v) is 14.2. The predicted molar refractivity (Wildman–Crippen MR) is 94.0 cm³/mol. The second-order valence-corrected chi connectivity index (χ2v) is 5.48. The van der Waals surface area contributed by atoms with Crippen LogP contribution in [-0.4, -0.2) is 26.7 Å². The normalized spacial score (nSPS) is 19.5. The summed E-state index contributed by atoms with van der Waals surface area (Å²) >= 11 is 0. The highest BCUT2D eigenvalue weighted by molar-refractivity contribution is 5.93. The molecule has 2 atom stereocenters. The first-order valence-electron chi connectivity index (χ1n) is 7.20. The first-order chi connectivity index (χ1) is 10.2. The van der Waals surface area contributed by atoms with Crippen molar-refractivity contribution in [1.29, 1.82) is 0 Å². The standard InChI is InChI=1S/C15H19N5O.2ClH/c16-14-6-2-5-13(14)15(21)19-12-4-1-3-11(7-12)8-20-10-17-9-18-20;;/h1,3-4,7,9-10,13-14H,2,5-6,8,16H2,(H,19,21);2*1H. The number of halogens is 2. The molecule has 1 heterocycles. The number of rotatable bonds is 4. The first-order valence-corrected chi connectivity index (χ1v) is 7.20. The minimum Gasteiger partial charge on any atom is -0.327 e. The van der Waals surface area contributed by atoms with Crippen molar-refractivity contribution in [1.82, 2.24) is 14.8 Å². The van der Waals surface area contributed by atoms with Crippen LogP contribution in [0.3, 0.4) is 0 Å². The summed E-state index contributed by atoms with van der Waals surface area (Å²) in [6.07, 6.45) is 6.03. The second-order valence-electron chi connectivity index (χ2n) is 5.48. The van der Waals surface area contributed by atoms with Crippen LogP contribution in [0.25, 0.3) is 0 Å². The van der Waals surface area contributed by atoms with Gasteiger partial charge in [-0.2, -0.15) is 5.10 Å². The molecule has 1 aromatic carbocycles. The van der Waals surface area contributed by atoms with E-state index in [1.165, 1.54) is 6.33 Å². The molecule has 0 saturated heterocycles. The number of anilines is 1. The molecule has 1 aromatic heterocycles. The molecule has 2 unspecified atom stereocenters. The maximum atomic E-state index is 12.2. The van der Waals surface area contributed by atoms with E-state index < -0.39 is 0 Å². The number of amides is 1. The first kappa shape index (κ1) is 19.4. The van der Waals surface area contributed by atoms with Crippen LogP contribution < -0.4 is 11.1 Å². The van der Waals surface area contributed by atoms with Crippen LogP contribution in [0.1, 0.15) is 24.8 Å². The molecule has 0 radical (unpaired) electrons. The third-order valence-electron chi connectivity index (χ3n) is 3.91. The van der Waals surface area contributed by atoms with Gasteiger partial charge in [-0.05, 0) is 30.5 Å². The van der Waals surface area contributed by atoms with Gasteiger partial charge in [0.25, 0.3) is 0 Å². The van der Waals surface area contributed by atoms with Gasteiger partial charge < -0.3 is 11.1 Å². The lowest BCUT2D eigenvalue weighted by Gasteiger charge is -2.15. The van der Waals surface area contributed by atoms with Gasteiger partial charge in [0, 0.05) is 11.7 Å². The molecule has 0 spiro atoms. The number of carbonyl (C=O) groups is 1. The van der Waals surface area contributed by atoms with E-state index in [-0.39, 0.29) is 42.7 Å². The van der Waals surface area contributed by atoms with Crippen LogP contribution in [0.15, 0.2) is 36.9 Å². The van der Waals surface area contributed by atoms with Crippen LogP contribution in [0.5, 0.6) is 0 Å². The highest BCUT2D eigenvalue weighted by Crippen LogP contribution is 2.25. The molecule has 8 heteroatoms. The summed E-state index contributed by atoms with van der Waals surface area (Å²) in [5, 5.41) is 7.05. The van der Waals surface area contributed by atoms with Crippen molar-refractivity contribution >= 4 is 36.4 Å². The molecule has 1 fully saturated rings. The summed E-state index contributed by atoms with van der Waals surface area (Å²) < 4.78 is 1.74. The SMILES string of the molecule is Cl.Cl.NC1CCCC1C(=O)Nc1cccc(Cn2cncn2)c1. The molecule has 6 nitrogen and oxygen atoms in total. The van der Waals surface area contributed by atoms with Crippen molar-refractivity contribution in [3.63, 3.8) is 0 Å². The molecule has 1 aliphatic rings. The van der Waals surface area contributed by atoms with Gasteiger partial charge in [-0.15, -0.1) is 24.8 Å². The average molecular weight is 358 g/mol. The molecule has 0 aliphatic heterocycles. The van der Waals surface area contributed by atoms with Gasteiger partial charge in [-0.3, -0.25) is 4.79 Å². The van der Waals surface area contributed by atoms with E-state index in [1.807, 2.05) is 24.3 Å². The molecule has 23 heavy (non-hydrogen) atoms. The van der Waals surface area contributed by atoms with E-state index >= 15 is 0 Å². The van der Waals surface area contributed by atoms with E-state index in [2.05, 4.69) is 15.4 Å². The fourth-order valence-electron chi connectivity index (χ4n) is 2.80. The van der Waals surface area contributed by atoms with Crippen molar-refractivity contribution in [2.75, 3.05) is 5.32 Å². The minimum atomic E-state index is -0.0658. The smallest absolute Gasteiger partial charge is 0.229 e.